The van der Waals surface area contributed by atoms with Gasteiger partial charge in [0.1, 0.15) is 0 Å². The topological polar surface area (TPSA) is 60.7 Å². The summed E-state index contributed by atoms with van der Waals surface area (Å²) in [6.07, 6.45) is 13.3. The smallest absolute Gasteiger partial charge is 0.0579 e. The largest absolute Gasteiger partial charge is 0.396 e. The lowest BCUT2D eigenvalue weighted by Gasteiger charge is -2.58. The third-order valence-electron chi connectivity index (χ3n) is 10.5. The molecule has 4 aliphatic carbocycles. The molecule has 0 unspecified atom stereocenters. The number of hydrogen-bond acceptors (Lipinski definition) is 3. The number of aliphatic hydroxyl groups is 3. The van der Waals surface area contributed by atoms with E-state index in [2.05, 4.69) is 33.8 Å². The zero-order chi connectivity index (χ0) is 21.7. The van der Waals surface area contributed by atoms with Crippen molar-refractivity contribution in [2.45, 2.75) is 104 Å². The molecule has 0 aromatic carbocycles. The minimum Gasteiger partial charge on any atom is -0.396 e. The van der Waals surface area contributed by atoms with Gasteiger partial charge in [-0.1, -0.05) is 52.2 Å². The van der Waals surface area contributed by atoms with Crippen LogP contribution in [0.3, 0.4) is 0 Å². The normalized spacial score (nSPS) is 47.6. The summed E-state index contributed by atoms with van der Waals surface area (Å²) in [6.45, 7) is 9.78. The van der Waals surface area contributed by atoms with E-state index < -0.39 is 0 Å². The van der Waals surface area contributed by atoms with E-state index in [4.69, 9.17) is 0 Å². The Kier molecular flexibility index (Phi) is 6.48. The lowest BCUT2D eigenvalue weighted by atomic mass is 9.47. The summed E-state index contributed by atoms with van der Waals surface area (Å²) >= 11 is 0. The van der Waals surface area contributed by atoms with Crippen molar-refractivity contribution in [2.24, 2.45) is 46.3 Å². The van der Waals surface area contributed by atoms with Crippen LogP contribution in [0.2, 0.25) is 0 Å². The highest BCUT2D eigenvalue weighted by Gasteiger charge is 2.61. The number of aliphatic hydroxyl groups excluding tert-OH is 3. The summed E-state index contributed by atoms with van der Waals surface area (Å²) in [5.74, 6) is 3.43. The first-order valence-corrected chi connectivity index (χ1v) is 12.9. The minimum absolute atomic E-state index is 0.137. The first kappa shape index (κ1) is 22.8. The highest BCUT2D eigenvalue weighted by molar-refractivity contribution is 5.25. The van der Waals surface area contributed by atoms with Crippen molar-refractivity contribution >= 4 is 0 Å². The van der Waals surface area contributed by atoms with Gasteiger partial charge in [0.2, 0.25) is 0 Å². The van der Waals surface area contributed by atoms with Crippen molar-refractivity contribution in [1.29, 1.82) is 0 Å². The Morgan fingerprint density at radius 3 is 2.57 bits per heavy atom. The molecule has 3 heteroatoms. The van der Waals surface area contributed by atoms with Gasteiger partial charge in [0.05, 0.1) is 12.2 Å². The molecule has 0 heterocycles. The standard InChI is InChI=1S/C27H46O3/c1-17(16-28)6-5-7-18(2)25-24(30)15-23-21-9-8-19-14-20(29)10-12-26(19,3)22(21)11-13-27(23,25)4/h8,17-18,20-25,28-30H,5-7,9-16H2,1-4H3/t17-,18-,20+,21-,22+,23+,24+,25+,26+,27+/m1/s1. The van der Waals surface area contributed by atoms with E-state index in [-0.39, 0.29) is 29.6 Å². The summed E-state index contributed by atoms with van der Waals surface area (Å²) in [5.41, 5.74) is 2.07. The maximum atomic E-state index is 11.2. The van der Waals surface area contributed by atoms with Gasteiger partial charge < -0.3 is 15.3 Å². The Morgan fingerprint density at radius 2 is 1.83 bits per heavy atom. The van der Waals surface area contributed by atoms with Gasteiger partial charge in [0.15, 0.2) is 0 Å². The van der Waals surface area contributed by atoms with Crippen LogP contribution in [-0.2, 0) is 0 Å². The molecule has 0 amide bonds. The highest BCUT2D eigenvalue weighted by atomic mass is 16.3. The Morgan fingerprint density at radius 1 is 1.07 bits per heavy atom. The Labute approximate surface area is 184 Å². The van der Waals surface area contributed by atoms with E-state index in [1.807, 2.05) is 0 Å². The first-order chi connectivity index (χ1) is 14.2. The molecule has 10 atom stereocenters. The lowest BCUT2D eigenvalue weighted by Crippen LogP contribution is -2.51. The second-order valence-corrected chi connectivity index (χ2v) is 12.2. The van der Waals surface area contributed by atoms with Crippen LogP contribution in [0.1, 0.15) is 91.9 Å². The fraction of sp³-hybridized carbons (Fsp3) is 0.926. The number of fused-ring (bicyclic) bond motifs is 5. The van der Waals surface area contributed by atoms with Crippen LogP contribution in [0.4, 0.5) is 0 Å². The summed E-state index contributed by atoms with van der Waals surface area (Å²) in [4.78, 5) is 0. The van der Waals surface area contributed by atoms with Gasteiger partial charge in [-0.3, -0.25) is 0 Å². The third kappa shape index (κ3) is 3.71. The molecule has 0 radical (unpaired) electrons. The fourth-order valence-electron chi connectivity index (χ4n) is 8.78. The monoisotopic (exact) mass is 418 g/mol. The van der Waals surface area contributed by atoms with Crippen molar-refractivity contribution in [1.82, 2.24) is 0 Å². The van der Waals surface area contributed by atoms with E-state index in [0.29, 0.717) is 29.6 Å². The highest BCUT2D eigenvalue weighted by Crippen LogP contribution is 2.67. The maximum Gasteiger partial charge on any atom is 0.0579 e. The molecule has 0 aliphatic heterocycles. The Bertz CT molecular complexity index is 644. The average Bonchev–Trinajstić information content (AvgIpc) is 2.98. The summed E-state index contributed by atoms with van der Waals surface area (Å²) in [6, 6.07) is 0. The molecule has 3 fully saturated rings. The van der Waals surface area contributed by atoms with Crippen molar-refractivity contribution in [2.75, 3.05) is 6.61 Å². The average molecular weight is 419 g/mol. The van der Waals surface area contributed by atoms with Crippen LogP contribution in [0.5, 0.6) is 0 Å². The van der Waals surface area contributed by atoms with Crippen molar-refractivity contribution in [3.05, 3.63) is 11.6 Å². The van der Waals surface area contributed by atoms with E-state index in [0.717, 1.165) is 50.9 Å². The van der Waals surface area contributed by atoms with E-state index in [1.165, 1.54) is 24.8 Å². The van der Waals surface area contributed by atoms with Crippen LogP contribution in [0.15, 0.2) is 11.6 Å². The van der Waals surface area contributed by atoms with Crippen molar-refractivity contribution in [3.8, 4) is 0 Å². The van der Waals surface area contributed by atoms with Gasteiger partial charge in [0, 0.05) is 6.61 Å². The zero-order valence-electron chi connectivity index (χ0n) is 19.8. The van der Waals surface area contributed by atoms with E-state index in [1.54, 1.807) is 0 Å². The quantitative estimate of drug-likeness (QED) is 0.511. The van der Waals surface area contributed by atoms with E-state index >= 15 is 0 Å². The number of hydrogen-bond donors (Lipinski definition) is 3. The molecule has 0 spiro atoms. The zero-order valence-corrected chi connectivity index (χ0v) is 19.8. The van der Waals surface area contributed by atoms with Gasteiger partial charge in [0.25, 0.3) is 0 Å². The molecule has 0 bridgehead atoms. The molecule has 4 rings (SSSR count). The van der Waals surface area contributed by atoms with Crippen LogP contribution < -0.4 is 0 Å². The minimum atomic E-state index is -0.157. The molecule has 3 N–H and O–H groups in total. The predicted octanol–water partition coefficient (Wildman–Crippen LogP) is 5.33. The maximum absolute atomic E-state index is 11.2. The molecule has 3 nitrogen and oxygen atoms in total. The molecular weight excluding hydrogens is 372 g/mol. The summed E-state index contributed by atoms with van der Waals surface area (Å²) in [7, 11) is 0. The van der Waals surface area contributed by atoms with E-state index in [9.17, 15) is 15.3 Å². The molecule has 3 saturated carbocycles. The SMILES string of the molecule is C[C@@H](CO)CCC[C@@H](C)[C@H]1[C@@H](O)C[C@H]2[C@@H]3CC=C4C[C@@H](O)CC[C@]4(C)[C@H]3CC[C@]12C. The molecule has 4 aliphatic rings. The van der Waals surface area contributed by atoms with Gasteiger partial charge in [-0.25, -0.2) is 0 Å². The molecule has 0 saturated heterocycles. The fourth-order valence-corrected chi connectivity index (χ4v) is 8.78. The molecule has 0 aromatic rings. The molecule has 0 aromatic heterocycles. The molecule has 172 valence electrons. The Balaban J connectivity index is 1.50. The van der Waals surface area contributed by atoms with Gasteiger partial charge in [-0.15, -0.1) is 0 Å². The van der Waals surface area contributed by atoms with Crippen molar-refractivity contribution in [3.63, 3.8) is 0 Å². The lowest BCUT2D eigenvalue weighted by molar-refractivity contribution is -0.0620. The molecular formula is C27H46O3. The van der Waals surface area contributed by atoms with Crippen LogP contribution in [-0.4, -0.2) is 34.1 Å². The number of allylic oxidation sites excluding steroid dienone is 1. The van der Waals surface area contributed by atoms with Crippen molar-refractivity contribution < 1.29 is 15.3 Å². The second-order valence-electron chi connectivity index (χ2n) is 12.2. The Hall–Kier alpha value is -0.380. The summed E-state index contributed by atoms with van der Waals surface area (Å²) in [5, 5.41) is 30.8. The van der Waals surface area contributed by atoms with Gasteiger partial charge in [-0.2, -0.15) is 0 Å². The summed E-state index contributed by atoms with van der Waals surface area (Å²) < 4.78 is 0. The second kappa shape index (κ2) is 8.52. The van der Waals surface area contributed by atoms with Crippen LogP contribution in [0.25, 0.3) is 0 Å². The first-order valence-electron chi connectivity index (χ1n) is 12.9. The predicted molar refractivity (Wildman–Crippen MR) is 122 cm³/mol. The van der Waals surface area contributed by atoms with Gasteiger partial charge >= 0.3 is 0 Å². The number of rotatable bonds is 6. The van der Waals surface area contributed by atoms with Crippen LogP contribution in [0, 0.1) is 46.3 Å². The third-order valence-corrected chi connectivity index (χ3v) is 10.5. The van der Waals surface area contributed by atoms with Gasteiger partial charge in [-0.05, 0) is 97.7 Å². The molecule has 30 heavy (non-hydrogen) atoms. The van der Waals surface area contributed by atoms with Crippen LogP contribution >= 0.6 is 0 Å².